The molecule has 0 unspecified atom stereocenters. The van der Waals surface area contributed by atoms with Crippen molar-refractivity contribution in [1.29, 1.82) is 0 Å². The van der Waals surface area contributed by atoms with Crippen LogP contribution in [0.2, 0.25) is 0 Å². The van der Waals surface area contributed by atoms with Gasteiger partial charge < -0.3 is 15.0 Å². The number of carbonyl (C=O) groups is 1. The quantitative estimate of drug-likeness (QED) is 0.589. The third-order valence-corrected chi connectivity index (χ3v) is 8.95. The van der Waals surface area contributed by atoms with Crippen molar-refractivity contribution in [2.75, 3.05) is 0 Å². The Bertz CT molecular complexity index is 931. The molecule has 150 valence electrons. The number of aliphatic hydroxyl groups is 1. The predicted molar refractivity (Wildman–Crippen MR) is 119 cm³/mol. The summed E-state index contributed by atoms with van der Waals surface area (Å²) in [6.07, 6.45) is -0.896. The molecule has 0 aliphatic carbocycles. The van der Waals surface area contributed by atoms with Gasteiger partial charge in [0.25, 0.3) is 5.91 Å². The number of benzene rings is 3. The molecule has 0 aliphatic heterocycles. The number of nitrogens with one attached hydrogen (secondary N) is 1. The molecule has 5 heteroatoms. The summed E-state index contributed by atoms with van der Waals surface area (Å²) in [6.45, 7) is 3.44. The third-order valence-electron chi connectivity index (χ3n) is 5.10. The Morgan fingerprint density at radius 3 is 1.62 bits per heavy atom. The second-order valence-electron chi connectivity index (χ2n) is 7.19. The number of amides is 1. The maximum absolute atomic E-state index is 14.6. The zero-order valence-electron chi connectivity index (χ0n) is 16.6. The molecule has 0 aromatic heterocycles. The summed E-state index contributed by atoms with van der Waals surface area (Å²) in [6, 6.07) is 26.8. The Balaban J connectivity index is 2.03. The fourth-order valence-electron chi connectivity index (χ4n) is 3.79. The molecule has 1 amide bonds. The highest BCUT2D eigenvalue weighted by atomic mass is 31.2. The summed E-state index contributed by atoms with van der Waals surface area (Å²) >= 11 is 0. The molecule has 0 spiro atoms. The van der Waals surface area contributed by atoms with Gasteiger partial charge in [0.05, 0.1) is 11.8 Å². The molecule has 0 saturated carbocycles. The largest absolute Gasteiger partial charge is 0.393 e. The van der Waals surface area contributed by atoms with Gasteiger partial charge >= 0.3 is 0 Å². The van der Waals surface area contributed by atoms with E-state index in [1.54, 1.807) is 38.1 Å². The van der Waals surface area contributed by atoms with Crippen LogP contribution >= 0.6 is 7.14 Å². The van der Waals surface area contributed by atoms with E-state index in [-0.39, 0.29) is 5.91 Å². The SMILES string of the molecule is C[C@@H](O)[C@@H]([C@@H](C)NC(=O)c1ccccc1)P(=O)(c1ccccc1)c1ccccc1. The molecular weight excluding hydrogens is 381 g/mol. The van der Waals surface area contributed by atoms with E-state index in [1.165, 1.54) is 0 Å². The smallest absolute Gasteiger partial charge is 0.251 e. The van der Waals surface area contributed by atoms with E-state index in [0.29, 0.717) is 16.2 Å². The van der Waals surface area contributed by atoms with Crippen molar-refractivity contribution in [3.05, 3.63) is 96.6 Å². The molecule has 0 fully saturated rings. The van der Waals surface area contributed by atoms with E-state index in [2.05, 4.69) is 5.32 Å². The molecule has 2 N–H and O–H groups in total. The average molecular weight is 407 g/mol. The van der Waals surface area contributed by atoms with Crippen LogP contribution < -0.4 is 15.9 Å². The fraction of sp³-hybridized carbons (Fsp3) is 0.208. The second kappa shape index (κ2) is 9.21. The van der Waals surface area contributed by atoms with Crippen LogP contribution in [0.25, 0.3) is 0 Å². The number of rotatable bonds is 7. The van der Waals surface area contributed by atoms with Crippen LogP contribution in [0.5, 0.6) is 0 Å². The lowest BCUT2D eigenvalue weighted by Gasteiger charge is -2.35. The first-order valence-electron chi connectivity index (χ1n) is 9.69. The van der Waals surface area contributed by atoms with Crippen molar-refractivity contribution in [2.45, 2.75) is 31.7 Å². The number of hydrogen-bond acceptors (Lipinski definition) is 3. The van der Waals surface area contributed by atoms with Crippen molar-refractivity contribution in [3.8, 4) is 0 Å². The van der Waals surface area contributed by atoms with E-state index in [1.807, 2.05) is 66.7 Å². The first-order chi connectivity index (χ1) is 13.9. The van der Waals surface area contributed by atoms with Gasteiger partial charge in [-0.1, -0.05) is 78.9 Å². The van der Waals surface area contributed by atoms with Gasteiger partial charge in [-0.2, -0.15) is 0 Å². The lowest BCUT2D eigenvalue weighted by Crippen LogP contribution is -2.48. The van der Waals surface area contributed by atoms with Gasteiger partial charge in [0, 0.05) is 22.2 Å². The first kappa shape index (κ1) is 21.0. The summed E-state index contributed by atoms with van der Waals surface area (Å²) in [4.78, 5) is 12.7. The molecule has 3 aromatic rings. The number of carbonyl (C=O) groups excluding carboxylic acids is 1. The second-order valence-corrected chi connectivity index (χ2v) is 10.1. The summed E-state index contributed by atoms with van der Waals surface area (Å²) in [5.74, 6) is -0.253. The highest BCUT2D eigenvalue weighted by molar-refractivity contribution is 7.79. The van der Waals surface area contributed by atoms with Crippen LogP contribution in [0.4, 0.5) is 0 Å². The van der Waals surface area contributed by atoms with Crippen molar-refractivity contribution < 1.29 is 14.5 Å². The van der Waals surface area contributed by atoms with Crippen LogP contribution in [-0.2, 0) is 4.57 Å². The number of hydrogen-bond donors (Lipinski definition) is 2. The van der Waals surface area contributed by atoms with Crippen LogP contribution in [0.3, 0.4) is 0 Å². The van der Waals surface area contributed by atoms with Gasteiger partial charge in [-0.05, 0) is 26.0 Å². The number of aliphatic hydroxyl groups excluding tert-OH is 1. The summed E-state index contributed by atoms with van der Waals surface area (Å²) in [5, 5.41) is 15.0. The molecule has 29 heavy (non-hydrogen) atoms. The lowest BCUT2D eigenvalue weighted by molar-refractivity contribution is 0.0925. The minimum atomic E-state index is -3.26. The molecular formula is C24H26NO3P. The van der Waals surface area contributed by atoms with Gasteiger partial charge in [-0.25, -0.2) is 0 Å². The summed E-state index contributed by atoms with van der Waals surface area (Å²) in [5.41, 5.74) is -0.155. The zero-order valence-corrected chi connectivity index (χ0v) is 17.5. The Morgan fingerprint density at radius 2 is 1.21 bits per heavy atom. The maximum atomic E-state index is 14.6. The van der Waals surface area contributed by atoms with Gasteiger partial charge in [-0.15, -0.1) is 0 Å². The summed E-state index contributed by atoms with van der Waals surface area (Å²) < 4.78 is 14.6. The minimum Gasteiger partial charge on any atom is -0.393 e. The average Bonchev–Trinajstić information content (AvgIpc) is 2.75. The molecule has 4 nitrogen and oxygen atoms in total. The molecule has 3 atom stereocenters. The predicted octanol–water partition coefficient (Wildman–Crippen LogP) is 3.57. The Hall–Kier alpha value is -2.68. The third kappa shape index (κ3) is 4.50. The monoisotopic (exact) mass is 407 g/mol. The molecule has 0 saturated heterocycles. The Kier molecular flexibility index (Phi) is 6.68. The van der Waals surface area contributed by atoms with Crippen LogP contribution in [0, 0.1) is 0 Å². The van der Waals surface area contributed by atoms with E-state index in [9.17, 15) is 14.5 Å². The molecule has 0 bridgehead atoms. The van der Waals surface area contributed by atoms with Crippen LogP contribution in [-0.4, -0.2) is 28.8 Å². The topological polar surface area (TPSA) is 66.4 Å². The van der Waals surface area contributed by atoms with E-state index >= 15 is 0 Å². The molecule has 3 aromatic carbocycles. The maximum Gasteiger partial charge on any atom is 0.251 e. The van der Waals surface area contributed by atoms with E-state index in [0.717, 1.165) is 0 Å². The van der Waals surface area contributed by atoms with Crippen LogP contribution in [0.1, 0.15) is 24.2 Å². The minimum absolute atomic E-state index is 0.253. The lowest BCUT2D eigenvalue weighted by atomic mass is 10.1. The van der Waals surface area contributed by atoms with E-state index in [4.69, 9.17) is 0 Å². The molecule has 0 heterocycles. The normalized spacial score (nSPS) is 14.6. The van der Waals surface area contributed by atoms with Crippen molar-refractivity contribution in [3.63, 3.8) is 0 Å². The molecule has 0 aliphatic rings. The van der Waals surface area contributed by atoms with Gasteiger partial charge in [-0.3, -0.25) is 4.79 Å². The Labute approximate surface area is 172 Å². The Morgan fingerprint density at radius 1 is 0.793 bits per heavy atom. The van der Waals surface area contributed by atoms with Gasteiger partial charge in [0.2, 0.25) is 0 Å². The molecule has 3 rings (SSSR count). The highest BCUT2D eigenvalue weighted by Crippen LogP contribution is 2.51. The van der Waals surface area contributed by atoms with Gasteiger partial charge in [0.15, 0.2) is 7.14 Å². The first-order valence-corrected chi connectivity index (χ1v) is 11.5. The van der Waals surface area contributed by atoms with Crippen molar-refractivity contribution in [2.24, 2.45) is 0 Å². The highest BCUT2D eigenvalue weighted by Gasteiger charge is 2.43. The molecule has 0 radical (unpaired) electrons. The zero-order chi connectivity index (χ0) is 20.9. The van der Waals surface area contributed by atoms with Gasteiger partial charge in [0.1, 0.15) is 0 Å². The van der Waals surface area contributed by atoms with E-state index < -0.39 is 24.9 Å². The van der Waals surface area contributed by atoms with Crippen molar-refractivity contribution >= 4 is 23.7 Å². The standard InChI is InChI=1S/C24H26NO3P/c1-18(25-24(27)20-12-6-3-7-13-20)23(19(2)26)29(28,21-14-8-4-9-15-21)22-16-10-5-11-17-22/h3-19,23,26H,1-2H3,(H,25,27)/t18-,19-,23-/m1/s1. The van der Waals surface area contributed by atoms with Crippen molar-refractivity contribution in [1.82, 2.24) is 5.32 Å². The fourth-order valence-corrected chi connectivity index (χ4v) is 7.32. The van der Waals surface area contributed by atoms with Crippen LogP contribution in [0.15, 0.2) is 91.0 Å². The summed E-state index contributed by atoms with van der Waals surface area (Å²) in [7, 11) is -3.26.